The molecule has 0 aliphatic heterocycles. The van der Waals surface area contributed by atoms with Crippen LogP contribution < -0.4 is 15.4 Å². The normalized spacial score (nSPS) is 10.3. The quantitative estimate of drug-likeness (QED) is 0.674. The number of nitrogens with one attached hydrogen (secondary N) is 2. The van der Waals surface area contributed by atoms with Crippen molar-refractivity contribution in [1.82, 2.24) is 15.3 Å². The Morgan fingerprint density at radius 1 is 1.04 bits per heavy atom. The number of ether oxygens (including phenoxy) is 1. The summed E-state index contributed by atoms with van der Waals surface area (Å²) < 4.78 is 5.22. The van der Waals surface area contributed by atoms with Crippen molar-refractivity contribution in [3.63, 3.8) is 0 Å². The van der Waals surface area contributed by atoms with Gasteiger partial charge in [0.15, 0.2) is 0 Å². The Balaban J connectivity index is 1.60. The monoisotopic (exact) mass is 362 g/mol. The molecule has 1 amide bonds. The summed E-state index contributed by atoms with van der Waals surface area (Å²) in [6.45, 7) is 2.83. The number of aromatic nitrogens is 2. The van der Waals surface area contributed by atoms with Gasteiger partial charge in [0.2, 0.25) is 5.95 Å². The number of methoxy groups -OCH3 is 1. The number of carbonyl (C=O) groups excluding carboxylic acids is 1. The third-order valence-electron chi connectivity index (χ3n) is 4.10. The van der Waals surface area contributed by atoms with Crippen LogP contribution in [0.5, 0.6) is 5.75 Å². The number of hydrogen-bond acceptors (Lipinski definition) is 5. The third-order valence-corrected chi connectivity index (χ3v) is 4.10. The van der Waals surface area contributed by atoms with Crippen molar-refractivity contribution in [3.8, 4) is 5.75 Å². The van der Waals surface area contributed by atoms with Gasteiger partial charge in [0.1, 0.15) is 5.75 Å². The fourth-order valence-corrected chi connectivity index (χ4v) is 2.61. The smallest absolute Gasteiger partial charge is 0.254 e. The molecule has 0 saturated heterocycles. The second kappa shape index (κ2) is 8.80. The largest absolute Gasteiger partial charge is 0.497 e. The van der Waals surface area contributed by atoms with Gasteiger partial charge in [-0.25, -0.2) is 9.97 Å². The third kappa shape index (κ3) is 5.04. The minimum atomic E-state index is -0.185. The summed E-state index contributed by atoms with van der Waals surface area (Å²) >= 11 is 0. The molecule has 0 spiro atoms. The number of anilines is 1. The van der Waals surface area contributed by atoms with Crippen LogP contribution in [0.4, 0.5) is 5.95 Å². The summed E-state index contributed by atoms with van der Waals surface area (Å²) in [5, 5.41) is 6.06. The van der Waals surface area contributed by atoms with Gasteiger partial charge in [0.25, 0.3) is 5.91 Å². The lowest BCUT2D eigenvalue weighted by molar-refractivity contribution is 0.0949. The molecule has 2 aromatic carbocycles. The van der Waals surface area contributed by atoms with Gasteiger partial charge in [-0.2, -0.15) is 0 Å². The maximum Gasteiger partial charge on any atom is 0.254 e. The van der Waals surface area contributed by atoms with E-state index in [2.05, 4.69) is 20.6 Å². The highest BCUT2D eigenvalue weighted by Gasteiger charge is 2.11. The molecule has 0 atom stereocenters. The molecule has 2 N–H and O–H groups in total. The first-order chi connectivity index (χ1) is 13.2. The zero-order chi connectivity index (χ0) is 19.1. The molecule has 0 fully saturated rings. The molecule has 3 rings (SSSR count). The predicted molar refractivity (Wildman–Crippen MR) is 105 cm³/mol. The van der Waals surface area contributed by atoms with Crippen LogP contribution >= 0.6 is 0 Å². The van der Waals surface area contributed by atoms with E-state index in [9.17, 15) is 4.79 Å². The summed E-state index contributed by atoms with van der Waals surface area (Å²) in [6.07, 6.45) is 1.55. The highest BCUT2D eigenvalue weighted by molar-refractivity contribution is 5.94. The van der Waals surface area contributed by atoms with Gasteiger partial charge in [0.05, 0.1) is 18.4 Å². The number of carbonyl (C=O) groups is 1. The lowest BCUT2D eigenvalue weighted by atomic mass is 10.2. The Kier molecular flexibility index (Phi) is 5.99. The van der Waals surface area contributed by atoms with Gasteiger partial charge in [-0.05, 0) is 30.2 Å². The van der Waals surface area contributed by atoms with Crippen LogP contribution in [0.1, 0.15) is 27.2 Å². The molecule has 1 heterocycles. The van der Waals surface area contributed by atoms with Gasteiger partial charge >= 0.3 is 0 Å². The van der Waals surface area contributed by atoms with Gasteiger partial charge in [-0.15, -0.1) is 0 Å². The molecule has 3 aromatic rings. The van der Waals surface area contributed by atoms with E-state index in [0.717, 1.165) is 16.9 Å². The van der Waals surface area contributed by atoms with E-state index in [1.54, 1.807) is 20.2 Å². The minimum Gasteiger partial charge on any atom is -0.497 e. The predicted octanol–water partition coefficient (Wildman–Crippen LogP) is 3.34. The molecule has 1 aromatic heterocycles. The first-order valence-electron chi connectivity index (χ1n) is 8.68. The minimum absolute atomic E-state index is 0.185. The highest BCUT2D eigenvalue weighted by Crippen LogP contribution is 2.14. The fraction of sp³-hybridized carbons (Fsp3) is 0.190. The lowest BCUT2D eigenvalue weighted by Gasteiger charge is -2.10. The number of aryl methyl sites for hydroxylation is 1. The number of nitrogens with zero attached hydrogens (tertiary/aromatic N) is 2. The van der Waals surface area contributed by atoms with Gasteiger partial charge in [-0.3, -0.25) is 4.79 Å². The molecule has 0 unspecified atom stereocenters. The summed E-state index contributed by atoms with van der Waals surface area (Å²) in [5.41, 5.74) is 3.20. The molecule has 0 aliphatic carbocycles. The number of amides is 1. The second-order valence-corrected chi connectivity index (χ2v) is 6.07. The summed E-state index contributed by atoms with van der Waals surface area (Å²) in [4.78, 5) is 21.0. The summed E-state index contributed by atoms with van der Waals surface area (Å²) in [7, 11) is 1.64. The maximum atomic E-state index is 12.4. The molecule has 6 heteroatoms. The van der Waals surface area contributed by atoms with E-state index in [0.29, 0.717) is 30.3 Å². The van der Waals surface area contributed by atoms with Gasteiger partial charge < -0.3 is 15.4 Å². The van der Waals surface area contributed by atoms with Crippen LogP contribution in [-0.2, 0) is 13.1 Å². The molecule has 0 saturated carbocycles. The molecule has 0 aliphatic rings. The first-order valence-corrected chi connectivity index (χ1v) is 8.68. The van der Waals surface area contributed by atoms with Crippen molar-refractivity contribution < 1.29 is 9.53 Å². The summed E-state index contributed by atoms with van der Waals surface area (Å²) in [6, 6.07) is 17.5. The molecule has 0 radical (unpaired) electrons. The average molecular weight is 362 g/mol. The molecule has 138 valence electrons. The maximum absolute atomic E-state index is 12.4. The molecular formula is C21H22N4O2. The van der Waals surface area contributed by atoms with E-state index in [-0.39, 0.29) is 5.91 Å². The Morgan fingerprint density at radius 2 is 1.81 bits per heavy atom. The zero-order valence-electron chi connectivity index (χ0n) is 15.4. The fourth-order valence-electron chi connectivity index (χ4n) is 2.61. The number of hydrogen-bond donors (Lipinski definition) is 2. The van der Waals surface area contributed by atoms with Crippen molar-refractivity contribution in [3.05, 3.63) is 83.2 Å². The Bertz CT molecular complexity index is 913. The van der Waals surface area contributed by atoms with E-state index in [1.165, 1.54) is 0 Å². The molecule has 27 heavy (non-hydrogen) atoms. The lowest BCUT2D eigenvalue weighted by Crippen LogP contribution is -2.24. The van der Waals surface area contributed by atoms with Crippen molar-refractivity contribution in [1.29, 1.82) is 0 Å². The number of benzene rings is 2. The van der Waals surface area contributed by atoms with Crippen LogP contribution in [0, 0.1) is 6.92 Å². The first kappa shape index (κ1) is 18.4. The zero-order valence-corrected chi connectivity index (χ0v) is 15.4. The van der Waals surface area contributed by atoms with Crippen LogP contribution in [0.2, 0.25) is 0 Å². The highest BCUT2D eigenvalue weighted by atomic mass is 16.5. The Morgan fingerprint density at radius 3 is 2.56 bits per heavy atom. The second-order valence-electron chi connectivity index (χ2n) is 6.07. The topological polar surface area (TPSA) is 76.1 Å². The molecular weight excluding hydrogens is 340 g/mol. The Hall–Kier alpha value is -3.41. The van der Waals surface area contributed by atoms with Crippen LogP contribution in [0.25, 0.3) is 0 Å². The van der Waals surface area contributed by atoms with Crippen LogP contribution in [0.3, 0.4) is 0 Å². The number of rotatable bonds is 7. The van der Waals surface area contributed by atoms with Gasteiger partial charge in [-0.1, -0.05) is 42.5 Å². The standard InChI is InChI=1S/C21H22N4O2/c1-15-19(20(26)22-12-16-7-4-3-5-8-16)14-24-21(25-15)23-13-17-9-6-10-18(11-17)27-2/h3-11,14H,12-13H2,1-2H3,(H,22,26)(H,23,24,25). The summed E-state index contributed by atoms with van der Waals surface area (Å²) in [5.74, 6) is 1.10. The SMILES string of the molecule is COc1cccc(CNc2ncc(C(=O)NCc3ccccc3)c(C)n2)c1. The van der Waals surface area contributed by atoms with Crippen LogP contribution in [0.15, 0.2) is 60.8 Å². The van der Waals surface area contributed by atoms with Crippen molar-refractivity contribution >= 4 is 11.9 Å². The van der Waals surface area contributed by atoms with Crippen LogP contribution in [-0.4, -0.2) is 23.0 Å². The Labute approximate surface area is 158 Å². The van der Waals surface area contributed by atoms with E-state index in [4.69, 9.17) is 4.74 Å². The van der Waals surface area contributed by atoms with E-state index < -0.39 is 0 Å². The van der Waals surface area contributed by atoms with E-state index >= 15 is 0 Å². The molecule has 6 nitrogen and oxygen atoms in total. The van der Waals surface area contributed by atoms with Crippen molar-refractivity contribution in [2.45, 2.75) is 20.0 Å². The van der Waals surface area contributed by atoms with Crippen molar-refractivity contribution in [2.24, 2.45) is 0 Å². The average Bonchev–Trinajstić information content (AvgIpc) is 2.71. The van der Waals surface area contributed by atoms with E-state index in [1.807, 2.05) is 54.6 Å². The van der Waals surface area contributed by atoms with Crippen molar-refractivity contribution in [2.75, 3.05) is 12.4 Å². The molecule has 0 bridgehead atoms. The van der Waals surface area contributed by atoms with Gasteiger partial charge in [0, 0.05) is 19.3 Å².